The van der Waals surface area contributed by atoms with Crippen molar-refractivity contribution >= 4 is 11.9 Å². The number of carbonyl (C=O) groups excluding carboxylic acids is 1. The summed E-state index contributed by atoms with van der Waals surface area (Å²) >= 11 is 0. The number of rotatable bonds is 3. The van der Waals surface area contributed by atoms with Crippen molar-refractivity contribution in [2.75, 3.05) is 6.54 Å². The Balaban J connectivity index is 2.21. The van der Waals surface area contributed by atoms with Gasteiger partial charge in [0.15, 0.2) is 0 Å². The van der Waals surface area contributed by atoms with Crippen LogP contribution in [0.5, 0.6) is 0 Å². The van der Waals surface area contributed by atoms with Crippen LogP contribution in [0.15, 0.2) is 48.8 Å². The smallest absolute Gasteiger partial charge is 0.406 e. The summed E-state index contributed by atoms with van der Waals surface area (Å²) in [5.41, 5.74) is 0.411. The van der Waals surface area contributed by atoms with Crippen LogP contribution in [0.2, 0.25) is 0 Å². The third-order valence-electron chi connectivity index (χ3n) is 4.08. The van der Waals surface area contributed by atoms with Crippen LogP contribution in [0.3, 0.4) is 0 Å². The lowest BCUT2D eigenvalue weighted by Gasteiger charge is -2.40. The van der Waals surface area contributed by atoms with Gasteiger partial charge in [-0.15, -0.1) is 0 Å². The van der Waals surface area contributed by atoms with Gasteiger partial charge in [-0.05, 0) is 23.3 Å². The number of carbonyl (C=O) groups is 2. The molecule has 8 heteroatoms. The topological polar surface area (TPSA) is 70.5 Å². The van der Waals surface area contributed by atoms with Crippen LogP contribution in [-0.2, 0) is 4.79 Å². The number of hydrogen-bond acceptors (Lipinski definition) is 3. The third-order valence-corrected chi connectivity index (χ3v) is 4.08. The summed E-state index contributed by atoms with van der Waals surface area (Å²) in [6.07, 6.45) is -1.96. The number of benzene rings is 1. The van der Waals surface area contributed by atoms with Crippen molar-refractivity contribution in [2.45, 2.75) is 18.1 Å². The quantitative estimate of drug-likeness (QED) is 0.924. The summed E-state index contributed by atoms with van der Waals surface area (Å²) in [5, 5.41) is 9.68. The Kier molecular flexibility index (Phi) is 4.20. The van der Waals surface area contributed by atoms with Crippen LogP contribution in [0, 0.1) is 0 Å². The van der Waals surface area contributed by atoms with Gasteiger partial charge in [-0.25, -0.2) is 0 Å². The molecule has 25 heavy (non-hydrogen) atoms. The lowest BCUT2D eigenvalue weighted by Crippen LogP contribution is -2.48. The molecule has 2 aromatic rings. The first-order valence-corrected chi connectivity index (χ1v) is 7.39. The first-order chi connectivity index (χ1) is 11.8. The SMILES string of the molecule is O=C(O)C1c2ccccc2C(=O)N(CC(F)(F)F)C1c1cccnc1. The molecule has 0 bridgehead atoms. The molecule has 1 aliphatic heterocycles. The number of aromatic nitrogens is 1. The zero-order chi connectivity index (χ0) is 18.2. The minimum atomic E-state index is -4.66. The summed E-state index contributed by atoms with van der Waals surface area (Å²) in [6.45, 7) is -1.54. The van der Waals surface area contributed by atoms with E-state index in [4.69, 9.17) is 0 Å². The molecule has 1 aliphatic rings. The lowest BCUT2D eigenvalue weighted by molar-refractivity contribution is -0.153. The minimum absolute atomic E-state index is 0.0284. The number of hydrogen-bond donors (Lipinski definition) is 1. The molecule has 1 aromatic heterocycles. The van der Waals surface area contributed by atoms with Crippen molar-refractivity contribution in [1.82, 2.24) is 9.88 Å². The zero-order valence-electron chi connectivity index (χ0n) is 12.8. The van der Waals surface area contributed by atoms with E-state index < -0.39 is 36.6 Å². The first-order valence-electron chi connectivity index (χ1n) is 7.39. The highest BCUT2D eigenvalue weighted by Crippen LogP contribution is 2.43. The summed E-state index contributed by atoms with van der Waals surface area (Å²) in [4.78, 5) is 29.0. The fourth-order valence-electron chi connectivity index (χ4n) is 3.15. The Morgan fingerprint density at radius 2 is 1.92 bits per heavy atom. The van der Waals surface area contributed by atoms with E-state index in [-0.39, 0.29) is 16.7 Å². The summed E-state index contributed by atoms with van der Waals surface area (Å²) in [6, 6.07) is 7.52. The highest BCUT2D eigenvalue weighted by molar-refractivity contribution is 6.00. The molecular weight excluding hydrogens is 337 g/mol. The van der Waals surface area contributed by atoms with E-state index in [1.807, 2.05) is 0 Å². The van der Waals surface area contributed by atoms with E-state index in [0.717, 1.165) is 0 Å². The molecule has 5 nitrogen and oxygen atoms in total. The number of nitrogens with zero attached hydrogens (tertiary/aromatic N) is 2. The fraction of sp³-hybridized carbons (Fsp3) is 0.235. The number of halogens is 3. The summed E-state index contributed by atoms with van der Waals surface area (Å²) in [7, 11) is 0. The first kappa shape index (κ1) is 16.9. The number of carboxylic acid groups (broad SMARTS) is 1. The van der Waals surface area contributed by atoms with Gasteiger partial charge in [0.2, 0.25) is 0 Å². The van der Waals surface area contributed by atoms with Crippen molar-refractivity contribution in [2.24, 2.45) is 0 Å². The second-order valence-electron chi connectivity index (χ2n) is 5.68. The number of fused-ring (bicyclic) bond motifs is 1. The van der Waals surface area contributed by atoms with Crippen LogP contribution < -0.4 is 0 Å². The van der Waals surface area contributed by atoms with Gasteiger partial charge in [-0.1, -0.05) is 24.3 Å². The summed E-state index contributed by atoms with van der Waals surface area (Å²) < 4.78 is 39.1. The predicted molar refractivity (Wildman–Crippen MR) is 80.9 cm³/mol. The number of alkyl halides is 3. The van der Waals surface area contributed by atoms with Crippen LogP contribution in [0.1, 0.15) is 33.4 Å². The van der Waals surface area contributed by atoms with Crippen LogP contribution in [0.25, 0.3) is 0 Å². The maximum Gasteiger partial charge on any atom is 0.406 e. The number of amides is 1. The average molecular weight is 350 g/mol. The van der Waals surface area contributed by atoms with Gasteiger partial charge < -0.3 is 10.0 Å². The second kappa shape index (κ2) is 6.19. The lowest BCUT2D eigenvalue weighted by atomic mass is 9.80. The molecule has 0 aliphatic carbocycles. The molecule has 0 saturated heterocycles. The highest BCUT2D eigenvalue weighted by Gasteiger charge is 2.47. The Morgan fingerprint density at radius 1 is 1.20 bits per heavy atom. The zero-order valence-corrected chi connectivity index (χ0v) is 12.8. The molecule has 0 saturated carbocycles. The van der Waals surface area contributed by atoms with Gasteiger partial charge in [-0.2, -0.15) is 13.2 Å². The van der Waals surface area contributed by atoms with E-state index in [1.54, 1.807) is 6.07 Å². The Hall–Kier alpha value is -2.90. The molecule has 2 heterocycles. The monoisotopic (exact) mass is 350 g/mol. The predicted octanol–water partition coefficient (Wildman–Crippen LogP) is 3.01. The van der Waals surface area contributed by atoms with Gasteiger partial charge in [0, 0.05) is 18.0 Å². The maximum absolute atomic E-state index is 13.0. The molecular formula is C17H13F3N2O3. The highest BCUT2D eigenvalue weighted by atomic mass is 19.4. The van der Waals surface area contributed by atoms with Crippen LogP contribution in [-0.4, -0.2) is 39.6 Å². The Morgan fingerprint density at radius 3 is 2.52 bits per heavy atom. The minimum Gasteiger partial charge on any atom is -0.481 e. The van der Waals surface area contributed by atoms with Crippen LogP contribution >= 0.6 is 0 Å². The molecule has 0 spiro atoms. The molecule has 1 N–H and O–H groups in total. The Labute approximate surface area is 140 Å². The molecule has 1 aromatic carbocycles. The number of pyridine rings is 1. The maximum atomic E-state index is 13.0. The molecule has 2 atom stereocenters. The van der Waals surface area contributed by atoms with Crippen molar-refractivity contribution < 1.29 is 27.9 Å². The third kappa shape index (κ3) is 3.19. The largest absolute Gasteiger partial charge is 0.481 e. The average Bonchev–Trinajstić information content (AvgIpc) is 2.56. The van der Waals surface area contributed by atoms with E-state index in [2.05, 4.69) is 4.98 Å². The number of aliphatic carboxylic acids is 1. The van der Waals surface area contributed by atoms with E-state index >= 15 is 0 Å². The molecule has 3 rings (SSSR count). The molecule has 0 fully saturated rings. The normalized spacial score (nSPS) is 20.3. The van der Waals surface area contributed by atoms with Gasteiger partial charge in [0.1, 0.15) is 12.5 Å². The standard InChI is InChI=1S/C17H13F3N2O3/c18-17(19,20)9-22-14(10-4-3-7-21-8-10)13(16(24)25)11-5-1-2-6-12(11)15(22)23/h1-8,13-14H,9H2,(H,24,25). The van der Waals surface area contributed by atoms with E-state index in [0.29, 0.717) is 4.90 Å². The molecule has 1 amide bonds. The van der Waals surface area contributed by atoms with Crippen molar-refractivity contribution in [3.8, 4) is 0 Å². The van der Waals surface area contributed by atoms with Crippen molar-refractivity contribution in [3.63, 3.8) is 0 Å². The van der Waals surface area contributed by atoms with Crippen LogP contribution in [0.4, 0.5) is 13.2 Å². The second-order valence-corrected chi connectivity index (χ2v) is 5.68. The van der Waals surface area contributed by atoms with Crippen molar-refractivity contribution in [3.05, 3.63) is 65.5 Å². The van der Waals surface area contributed by atoms with E-state index in [1.165, 1.54) is 42.7 Å². The van der Waals surface area contributed by atoms with Gasteiger partial charge >= 0.3 is 12.1 Å². The Bertz CT molecular complexity index is 808. The van der Waals surface area contributed by atoms with Crippen molar-refractivity contribution in [1.29, 1.82) is 0 Å². The van der Waals surface area contributed by atoms with Gasteiger partial charge in [-0.3, -0.25) is 14.6 Å². The van der Waals surface area contributed by atoms with Gasteiger partial charge in [0.25, 0.3) is 5.91 Å². The van der Waals surface area contributed by atoms with Gasteiger partial charge in [0.05, 0.1) is 6.04 Å². The number of carboxylic acids is 1. The molecule has 130 valence electrons. The molecule has 2 unspecified atom stereocenters. The van der Waals surface area contributed by atoms with E-state index in [9.17, 15) is 27.9 Å². The fourth-order valence-corrected chi connectivity index (χ4v) is 3.15. The molecule has 0 radical (unpaired) electrons. The summed E-state index contributed by atoms with van der Waals surface area (Å²) in [5.74, 6) is -3.47.